The van der Waals surface area contributed by atoms with E-state index in [-0.39, 0.29) is 18.6 Å². The Hall–Kier alpha value is -2.55. The molecule has 1 saturated heterocycles. The van der Waals surface area contributed by atoms with Gasteiger partial charge < -0.3 is 14.4 Å². The van der Waals surface area contributed by atoms with Gasteiger partial charge in [-0.15, -0.1) is 0 Å². The van der Waals surface area contributed by atoms with Gasteiger partial charge in [0.25, 0.3) is 0 Å². The summed E-state index contributed by atoms with van der Waals surface area (Å²) in [6, 6.07) is 10.6. The average molecular weight is 505 g/mol. The van der Waals surface area contributed by atoms with E-state index in [0.717, 1.165) is 16.5 Å². The van der Waals surface area contributed by atoms with Crippen LogP contribution in [0.1, 0.15) is 43.7 Å². The van der Waals surface area contributed by atoms with Gasteiger partial charge in [-0.05, 0) is 81.0 Å². The van der Waals surface area contributed by atoms with Crippen LogP contribution in [0, 0.1) is 6.92 Å². The van der Waals surface area contributed by atoms with Crippen molar-refractivity contribution in [2.24, 2.45) is 0 Å². The van der Waals surface area contributed by atoms with Crippen molar-refractivity contribution in [3.05, 3.63) is 58.7 Å². The molecule has 1 N–H and O–H groups in total. The molecule has 1 aliphatic rings. The first-order valence-corrected chi connectivity index (χ1v) is 13.2. The number of piperidine rings is 1. The van der Waals surface area contributed by atoms with Crippen molar-refractivity contribution >= 4 is 38.5 Å². The lowest BCUT2D eigenvalue weighted by molar-refractivity contribution is -0.137. The summed E-state index contributed by atoms with van der Waals surface area (Å²) in [5.41, 5.74) is 2.48. The molecule has 1 aliphatic heterocycles. The standard InChI is InChI=1S/C25H29ClN2O5S/c1-16(2)33-20-5-7-24(17(3)12-20)34(31,32)28-10-8-18(9-11-28)22-14-27(15-25(29)30)23-13-19(26)4-6-21(22)23/h4-7,12-14,16,18H,8-11,15H2,1-3H3,(H,29,30). The van der Waals surface area contributed by atoms with Gasteiger partial charge in [0.05, 0.1) is 16.5 Å². The van der Waals surface area contributed by atoms with Gasteiger partial charge in [0.15, 0.2) is 0 Å². The van der Waals surface area contributed by atoms with Gasteiger partial charge in [-0.2, -0.15) is 4.31 Å². The van der Waals surface area contributed by atoms with Crippen LogP contribution in [0.2, 0.25) is 5.02 Å². The number of aliphatic carboxylic acids is 1. The minimum atomic E-state index is -3.62. The van der Waals surface area contributed by atoms with E-state index in [0.29, 0.717) is 47.2 Å². The molecule has 0 bridgehead atoms. The third-order valence-electron chi connectivity index (χ3n) is 6.21. The van der Waals surface area contributed by atoms with E-state index in [2.05, 4.69) is 0 Å². The minimum absolute atomic E-state index is 0.0124. The van der Waals surface area contributed by atoms with E-state index in [1.165, 1.54) is 0 Å². The van der Waals surface area contributed by atoms with Crippen molar-refractivity contribution in [3.63, 3.8) is 0 Å². The lowest BCUT2D eigenvalue weighted by atomic mass is 9.90. The third kappa shape index (κ3) is 4.94. The number of aromatic nitrogens is 1. The Morgan fingerprint density at radius 3 is 2.50 bits per heavy atom. The fourth-order valence-corrected chi connectivity index (χ4v) is 6.54. The lowest BCUT2D eigenvalue weighted by Crippen LogP contribution is -2.38. The van der Waals surface area contributed by atoms with Crippen molar-refractivity contribution in [1.29, 1.82) is 0 Å². The highest BCUT2D eigenvalue weighted by molar-refractivity contribution is 7.89. The molecule has 2 aromatic carbocycles. The zero-order valence-electron chi connectivity index (χ0n) is 19.5. The number of fused-ring (bicyclic) bond motifs is 1. The molecule has 1 fully saturated rings. The van der Waals surface area contributed by atoms with Crippen LogP contribution >= 0.6 is 11.6 Å². The third-order valence-corrected chi connectivity index (χ3v) is 8.50. The van der Waals surface area contributed by atoms with Gasteiger partial charge in [0.1, 0.15) is 12.3 Å². The van der Waals surface area contributed by atoms with Crippen LogP contribution in [0.3, 0.4) is 0 Å². The maximum Gasteiger partial charge on any atom is 0.323 e. The summed E-state index contributed by atoms with van der Waals surface area (Å²) in [5, 5.41) is 10.8. The SMILES string of the molecule is Cc1cc(OC(C)C)ccc1S(=O)(=O)N1CCC(c2cn(CC(=O)O)c3cc(Cl)ccc23)CC1. The van der Waals surface area contributed by atoms with Gasteiger partial charge >= 0.3 is 5.97 Å². The minimum Gasteiger partial charge on any atom is -0.491 e. The van der Waals surface area contributed by atoms with Crippen molar-refractivity contribution < 1.29 is 23.1 Å². The number of hydrogen-bond donors (Lipinski definition) is 1. The van der Waals surface area contributed by atoms with Crippen molar-refractivity contribution in [2.45, 2.75) is 57.1 Å². The molecule has 4 rings (SSSR count). The van der Waals surface area contributed by atoms with Crippen molar-refractivity contribution in [3.8, 4) is 5.75 Å². The fourth-order valence-electron chi connectivity index (χ4n) is 4.70. The molecule has 0 aliphatic carbocycles. The van der Waals surface area contributed by atoms with Crippen LogP contribution in [-0.4, -0.2) is 47.6 Å². The number of benzene rings is 2. The average Bonchev–Trinajstić information content (AvgIpc) is 3.10. The van der Waals surface area contributed by atoms with Crippen molar-refractivity contribution in [1.82, 2.24) is 8.87 Å². The molecule has 9 heteroatoms. The summed E-state index contributed by atoms with van der Waals surface area (Å²) in [5.74, 6) is -0.138. The molecule has 0 amide bonds. The number of ether oxygens (including phenoxy) is 1. The van der Waals surface area contributed by atoms with Gasteiger partial charge in [-0.1, -0.05) is 17.7 Å². The van der Waals surface area contributed by atoms with Crippen LogP contribution in [0.5, 0.6) is 5.75 Å². The zero-order chi connectivity index (χ0) is 24.6. The lowest BCUT2D eigenvalue weighted by Gasteiger charge is -2.31. The number of carboxylic acids is 1. The Morgan fingerprint density at radius 1 is 1.18 bits per heavy atom. The second-order valence-corrected chi connectivity index (χ2v) is 11.4. The van der Waals surface area contributed by atoms with Crippen LogP contribution in [0.15, 0.2) is 47.5 Å². The van der Waals surface area contributed by atoms with Crippen LogP contribution < -0.4 is 4.74 Å². The largest absolute Gasteiger partial charge is 0.491 e. The Bertz CT molecular complexity index is 1320. The number of hydrogen-bond acceptors (Lipinski definition) is 4. The van der Waals surface area contributed by atoms with E-state index < -0.39 is 16.0 Å². The number of carbonyl (C=O) groups is 1. The number of rotatable bonds is 7. The molecule has 1 aromatic heterocycles. The Morgan fingerprint density at radius 2 is 1.88 bits per heavy atom. The van der Waals surface area contributed by atoms with Gasteiger partial charge in [0.2, 0.25) is 10.0 Å². The molecule has 0 atom stereocenters. The highest BCUT2D eigenvalue weighted by Crippen LogP contribution is 2.37. The van der Waals surface area contributed by atoms with Crippen molar-refractivity contribution in [2.75, 3.05) is 13.1 Å². The predicted molar refractivity (Wildman–Crippen MR) is 132 cm³/mol. The molecule has 3 aromatic rings. The number of aryl methyl sites for hydroxylation is 1. The number of carboxylic acid groups (broad SMARTS) is 1. The molecule has 0 unspecified atom stereocenters. The first-order chi connectivity index (χ1) is 16.1. The Kier molecular flexibility index (Phi) is 6.94. The molecular weight excluding hydrogens is 476 g/mol. The summed E-state index contributed by atoms with van der Waals surface area (Å²) < 4.78 is 35.7. The van der Waals surface area contributed by atoms with Crippen LogP contribution in [0.25, 0.3) is 10.9 Å². The number of halogens is 1. The summed E-state index contributed by atoms with van der Waals surface area (Å²) in [7, 11) is -3.62. The summed E-state index contributed by atoms with van der Waals surface area (Å²) in [6.07, 6.45) is 3.20. The second kappa shape index (κ2) is 9.60. The van der Waals surface area contributed by atoms with E-state index in [1.807, 2.05) is 26.1 Å². The van der Waals surface area contributed by atoms with Gasteiger partial charge in [-0.25, -0.2) is 8.42 Å². The Balaban J connectivity index is 1.54. The van der Waals surface area contributed by atoms with E-state index in [1.54, 1.807) is 46.1 Å². The molecule has 2 heterocycles. The normalized spacial score (nSPS) is 15.8. The summed E-state index contributed by atoms with van der Waals surface area (Å²) in [4.78, 5) is 11.6. The topological polar surface area (TPSA) is 88.8 Å². The smallest absolute Gasteiger partial charge is 0.323 e. The first kappa shape index (κ1) is 24.6. The highest BCUT2D eigenvalue weighted by Gasteiger charge is 2.32. The van der Waals surface area contributed by atoms with E-state index >= 15 is 0 Å². The second-order valence-electron chi connectivity index (χ2n) is 9.04. The maximum atomic E-state index is 13.4. The monoisotopic (exact) mass is 504 g/mol. The molecule has 34 heavy (non-hydrogen) atoms. The van der Waals surface area contributed by atoms with E-state index in [4.69, 9.17) is 16.3 Å². The van der Waals surface area contributed by atoms with Gasteiger partial charge in [0, 0.05) is 29.7 Å². The summed E-state index contributed by atoms with van der Waals surface area (Å²) in [6.45, 7) is 6.29. The predicted octanol–water partition coefficient (Wildman–Crippen LogP) is 5.04. The molecule has 0 radical (unpaired) electrons. The van der Waals surface area contributed by atoms with E-state index in [9.17, 15) is 18.3 Å². The van der Waals surface area contributed by atoms with Crippen LogP contribution in [0.4, 0.5) is 0 Å². The molecular formula is C25H29ClN2O5S. The fraction of sp³-hybridized carbons (Fsp3) is 0.400. The highest BCUT2D eigenvalue weighted by atomic mass is 35.5. The number of nitrogens with zero attached hydrogens (tertiary/aromatic N) is 2. The first-order valence-electron chi connectivity index (χ1n) is 11.3. The van der Waals surface area contributed by atoms with Crippen LogP contribution in [-0.2, 0) is 21.4 Å². The Labute approximate surface area is 204 Å². The molecule has 0 saturated carbocycles. The van der Waals surface area contributed by atoms with Gasteiger partial charge in [-0.3, -0.25) is 4.79 Å². The quantitative estimate of drug-likeness (QED) is 0.486. The molecule has 182 valence electrons. The summed E-state index contributed by atoms with van der Waals surface area (Å²) >= 11 is 6.15. The maximum absolute atomic E-state index is 13.4. The zero-order valence-corrected chi connectivity index (χ0v) is 21.1. The molecule has 0 spiro atoms. The number of sulfonamides is 1. The molecule has 7 nitrogen and oxygen atoms in total.